The predicted octanol–water partition coefficient (Wildman–Crippen LogP) is 2.23. The quantitative estimate of drug-likeness (QED) is 0.300. The second kappa shape index (κ2) is 9.75. The van der Waals surface area contributed by atoms with Gasteiger partial charge in [0.05, 0.1) is 36.1 Å². The van der Waals surface area contributed by atoms with Crippen molar-refractivity contribution in [2.24, 2.45) is 28.6 Å². The molecule has 4 aliphatic carbocycles. The van der Waals surface area contributed by atoms with Crippen molar-refractivity contribution in [1.29, 1.82) is 0 Å². The molecule has 9 nitrogen and oxygen atoms in total. The fourth-order valence-corrected chi connectivity index (χ4v) is 10.2. The Morgan fingerprint density at radius 2 is 1.85 bits per heavy atom. The van der Waals surface area contributed by atoms with E-state index in [0.29, 0.717) is 51.6 Å². The molecule has 0 aromatic heterocycles. The number of carbonyl (C=O) groups excluding carboxylic acids is 1. The van der Waals surface area contributed by atoms with Crippen molar-refractivity contribution in [1.82, 2.24) is 0 Å². The number of aliphatic hydroxyl groups excluding tert-OH is 2. The highest BCUT2D eigenvalue weighted by molar-refractivity contribution is 5.85. The van der Waals surface area contributed by atoms with Crippen LogP contribution in [0.4, 0.5) is 0 Å². The lowest BCUT2D eigenvalue weighted by atomic mass is 9.41. The topological polar surface area (TPSA) is 135 Å². The first-order valence-electron chi connectivity index (χ1n) is 14.9. The standard InChI is InChI=1S/C30H46O9/c1-17-26(33)23(36-3)13-25(38-17)39-19-4-9-28(16-31)21-5-8-27(2)20(18-12-24(32)37-15-18)7-11-30(27,35)22(21)6-10-29(28,34)14-19/h12,17,19-23,25-26,31,33-35H,4-11,13-16H2,1-3H3/t17-,19+,20?,21?,22?,23+,25+,26-,27-,28?,29+,30?/m1/s1. The third-order valence-electron chi connectivity index (χ3n) is 12.3. The van der Waals surface area contributed by atoms with Crippen LogP contribution in [0.15, 0.2) is 11.6 Å². The van der Waals surface area contributed by atoms with Crippen LogP contribution < -0.4 is 0 Å². The molecule has 0 spiro atoms. The van der Waals surface area contributed by atoms with Gasteiger partial charge in [-0.25, -0.2) is 4.79 Å². The van der Waals surface area contributed by atoms with E-state index in [-0.39, 0.29) is 48.0 Å². The van der Waals surface area contributed by atoms with Gasteiger partial charge in [-0.05, 0) is 81.6 Å². The molecule has 1 saturated heterocycles. The molecule has 0 aromatic rings. The van der Waals surface area contributed by atoms with Crippen molar-refractivity contribution in [3.05, 3.63) is 11.6 Å². The van der Waals surface area contributed by atoms with Crippen LogP contribution in [0.2, 0.25) is 0 Å². The summed E-state index contributed by atoms with van der Waals surface area (Å²) < 4.78 is 23.0. The summed E-state index contributed by atoms with van der Waals surface area (Å²) in [5.41, 5.74) is -2.06. The number of carbonyl (C=O) groups is 1. The van der Waals surface area contributed by atoms with Crippen molar-refractivity contribution >= 4 is 5.97 Å². The summed E-state index contributed by atoms with van der Waals surface area (Å²) in [6, 6.07) is 0. The van der Waals surface area contributed by atoms with Gasteiger partial charge in [0.1, 0.15) is 12.7 Å². The van der Waals surface area contributed by atoms with E-state index in [0.717, 1.165) is 24.8 Å². The molecule has 6 rings (SSSR count). The van der Waals surface area contributed by atoms with Gasteiger partial charge in [-0.1, -0.05) is 6.92 Å². The number of fused-ring (bicyclic) bond motifs is 5. The van der Waals surface area contributed by atoms with Gasteiger partial charge in [0.25, 0.3) is 0 Å². The highest BCUT2D eigenvalue weighted by Gasteiger charge is 2.71. The molecule has 0 aromatic carbocycles. The Morgan fingerprint density at radius 3 is 2.54 bits per heavy atom. The fraction of sp³-hybridized carbons (Fsp3) is 0.900. The van der Waals surface area contributed by atoms with E-state index in [1.165, 1.54) is 0 Å². The van der Waals surface area contributed by atoms with Crippen molar-refractivity contribution in [3.8, 4) is 0 Å². The Hall–Kier alpha value is -1.07. The van der Waals surface area contributed by atoms with Crippen LogP contribution in [0.1, 0.15) is 78.1 Å². The monoisotopic (exact) mass is 550 g/mol. The van der Waals surface area contributed by atoms with E-state index in [4.69, 9.17) is 18.9 Å². The maximum atomic E-state index is 12.4. The molecule has 4 N–H and O–H groups in total. The minimum Gasteiger partial charge on any atom is -0.458 e. The molecule has 0 bridgehead atoms. The van der Waals surface area contributed by atoms with Gasteiger partial charge in [0.15, 0.2) is 6.29 Å². The Morgan fingerprint density at radius 1 is 1.08 bits per heavy atom. The molecular formula is C30H46O9. The molecule has 12 atom stereocenters. The van der Waals surface area contributed by atoms with Crippen molar-refractivity contribution in [2.75, 3.05) is 20.3 Å². The van der Waals surface area contributed by atoms with Gasteiger partial charge >= 0.3 is 5.97 Å². The highest BCUT2D eigenvalue weighted by atomic mass is 16.7. The SMILES string of the molecule is CO[C@H]1C[C@H](O[C@H]2CCC3(CO)C4CC[C@]5(C)C(C6=CC(=O)OC6)CCC5(O)C4CC[C@]3(O)C2)O[C@H](C)[C@H]1O. The maximum absolute atomic E-state index is 12.4. The summed E-state index contributed by atoms with van der Waals surface area (Å²) in [6.07, 6.45) is 5.82. The Balaban J connectivity index is 1.20. The minimum atomic E-state index is -1.09. The van der Waals surface area contributed by atoms with Crippen LogP contribution >= 0.6 is 0 Å². The van der Waals surface area contributed by atoms with Crippen LogP contribution in [-0.4, -0.2) is 88.6 Å². The Kier molecular flexibility index (Phi) is 7.02. The fourth-order valence-electron chi connectivity index (χ4n) is 10.2. The van der Waals surface area contributed by atoms with Crippen molar-refractivity contribution < 1.29 is 44.2 Å². The van der Waals surface area contributed by atoms with E-state index >= 15 is 0 Å². The molecule has 220 valence electrons. The first-order valence-corrected chi connectivity index (χ1v) is 14.9. The molecule has 5 unspecified atom stereocenters. The van der Waals surface area contributed by atoms with Crippen molar-refractivity contribution in [3.63, 3.8) is 0 Å². The summed E-state index contributed by atoms with van der Waals surface area (Å²) in [7, 11) is 1.58. The maximum Gasteiger partial charge on any atom is 0.331 e. The number of methoxy groups -OCH3 is 1. The van der Waals surface area contributed by atoms with Crippen LogP contribution in [0.5, 0.6) is 0 Å². The number of rotatable bonds is 5. The predicted molar refractivity (Wildman–Crippen MR) is 139 cm³/mol. The number of cyclic esters (lactones) is 1. The molecule has 39 heavy (non-hydrogen) atoms. The molecule has 2 heterocycles. The van der Waals surface area contributed by atoms with E-state index in [9.17, 15) is 25.2 Å². The molecule has 4 saturated carbocycles. The summed E-state index contributed by atoms with van der Waals surface area (Å²) in [5.74, 6) is -0.192. The van der Waals surface area contributed by atoms with Gasteiger partial charge < -0.3 is 39.4 Å². The lowest BCUT2D eigenvalue weighted by Gasteiger charge is -2.66. The Labute approximate surface area is 230 Å². The van der Waals surface area contributed by atoms with Gasteiger partial charge in [-0.2, -0.15) is 0 Å². The first kappa shape index (κ1) is 28.1. The number of hydrogen-bond acceptors (Lipinski definition) is 9. The zero-order chi connectivity index (χ0) is 27.8. The summed E-state index contributed by atoms with van der Waals surface area (Å²) in [4.78, 5) is 11.8. The van der Waals surface area contributed by atoms with Crippen molar-refractivity contribution in [2.45, 2.75) is 120 Å². The lowest BCUT2D eigenvalue weighted by molar-refractivity contribution is -0.298. The molecule has 2 aliphatic heterocycles. The molecular weight excluding hydrogens is 504 g/mol. The molecule has 0 amide bonds. The number of aliphatic hydroxyl groups is 4. The highest BCUT2D eigenvalue weighted by Crippen LogP contribution is 2.70. The van der Waals surface area contributed by atoms with E-state index in [2.05, 4.69) is 6.92 Å². The van der Waals surface area contributed by atoms with Crippen LogP contribution in [-0.2, 0) is 23.7 Å². The Bertz CT molecular complexity index is 1000. The third-order valence-corrected chi connectivity index (χ3v) is 12.3. The molecule has 5 fully saturated rings. The summed E-state index contributed by atoms with van der Waals surface area (Å²) >= 11 is 0. The van der Waals surface area contributed by atoms with Gasteiger partial charge in [0.2, 0.25) is 0 Å². The largest absolute Gasteiger partial charge is 0.458 e. The van der Waals surface area contributed by atoms with Crippen LogP contribution in [0, 0.1) is 28.6 Å². The number of ether oxygens (including phenoxy) is 4. The zero-order valence-electron chi connectivity index (χ0n) is 23.5. The summed E-state index contributed by atoms with van der Waals surface area (Å²) in [6.45, 7) is 4.19. The van der Waals surface area contributed by atoms with E-state index in [1.54, 1.807) is 13.2 Å². The second-order valence-corrected chi connectivity index (χ2v) is 13.7. The van der Waals surface area contributed by atoms with E-state index < -0.39 is 35.1 Å². The molecule has 9 heteroatoms. The third kappa shape index (κ3) is 4.02. The first-order chi connectivity index (χ1) is 18.5. The van der Waals surface area contributed by atoms with Gasteiger partial charge in [-0.15, -0.1) is 0 Å². The smallest absolute Gasteiger partial charge is 0.331 e. The average Bonchev–Trinajstić information content (AvgIpc) is 3.45. The lowest BCUT2D eigenvalue weighted by Crippen LogP contribution is -2.69. The average molecular weight is 551 g/mol. The minimum absolute atomic E-state index is 0.00781. The number of esters is 1. The molecule has 6 aliphatic rings. The normalized spacial score (nSPS) is 53.4. The second-order valence-electron chi connectivity index (χ2n) is 13.7. The van der Waals surface area contributed by atoms with Crippen LogP contribution in [0.25, 0.3) is 0 Å². The van der Waals surface area contributed by atoms with E-state index in [1.807, 2.05) is 6.92 Å². The molecule has 0 radical (unpaired) electrons. The van der Waals surface area contributed by atoms with Crippen LogP contribution in [0.3, 0.4) is 0 Å². The van der Waals surface area contributed by atoms with Gasteiger partial charge in [-0.3, -0.25) is 0 Å². The van der Waals surface area contributed by atoms with Gasteiger partial charge in [0, 0.05) is 36.9 Å². The zero-order valence-corrected chi connectivity index (χ0v) is 23.5. The summed E-state index contributed by atoms with van der Waals surface area (Å²) in [5, 5.41) is 45.9. The number of hydrogen-bond donors (Lipinski definition) is 4.